The molecule has 0 atom stereocenters. The number of benzene rings is 1. The highest BCUT2D eigenvalue weighted by Gasteiger charge is 2.39. The molecule has 112 valence electrons. The quantitative estimate of drug-likeness (QED) is 0.844. The Balaban J connectivity index is 3.27. The number of aryl methyl sites for hydroxylation is 1. The van der Waals surface area contributed by atoms with Crippen molar-refractivity contribution in [2.24, 2.45) is 0 Å². The highest BCUT2D eigenvalue weighted by atomic mass is 35.5. The smallest absolute Gasteiger partial charge is 0.324 e. The second kappa shape index (κ2) is 6.11. The maximum Gasteiger partial charge on any atom is 0.324 e. The van der Waals surface area contributed by atoms with Crippen LogP contribution in [0.15, 0.2) is 23.1 Å². The normalized spacial score (nSPS) is 12.4. The van der Waals surface area contributed by atoms with Crippen LogP contribution in [-0.2, 0) is 14.8 Å². The Kier molecular flexibility index (Phi) is 5.18. The molecule has 0 saturated carbocycles. The molecule has 0 aliphatic carbocycles. The van der Waals surface area contributed by atoms with Gasteiger partial charge in [0.05, 0.1) is 4.90 Å². The van der Waals surface area contributed by atoms with E-state index in [0.717, 1.165) is 0 Å². The molecule has 0 aromatic heterocycles. The van der Waals surface area contributed by atoms with Crippen LogP contribution in [0.4, 0.5) is 0 Å². The first-order valence-corrected chi connectivity index (χ1v) is 8.08. The van der Waals surface area contributed by atoms with Crippen LogP contribution in [0.25, 0.3) is 0 Å². The summed E-state index contributed by atoms with van der Waals surface area (Å²) in [7, 11) is -3.92. The lowest BCUT2D eigenvalue weighted by molar-refractivity contribution is -0.144. The first-order chi connectivity index (χ1) is 9.18. The first kappa shape index (κ1) is 16.9. The van der Waals surface area contributed by atoms with E-state index in [2.05, 4.69) is 4.72 Å². The van der Waals surface area contributed by atoms with E-state index in [9.17, 15) is 18.3 Å². The molecule has 5 nitrogen and oxygen atoms in total. The third kappa shape index (κ3) is 3.31. The minimum absolute atomic E-state index is 0.0365. The molecule has 0 heterocycles. The molecule has 0 spiro atoms. The van der Waals surface area contributed by atoms with Gasteiger partial charge < -0.3 is 5.11 Å². The van der Waals surface area contributed by atoms with Gasteiger partial charge in [-0.05, 0) is 43.5 Å². The molecule has 1 rings (SSSR count). The van der Waals surface area contributed by atoms with E-state index < -0.39 is 21.5 Å². The zero-order valence-electron chi connectivity index (χ0n) is 11.6. The van der Waals surface area contributed by atoms with Gasteiger partial charge in [0.2, 0.25) is 10.0 Å². The van der Waals surface area contributed by atoms with Crippen molar-refractivity contribution in [1.29, 1.82) is 0 Å². The Morgan fingerprint density at radius 3 is 2.30 bits per heavy atom. The highest BCUT2D eigenvalue weighted by molar-refractivity contribution is 7.89. The van der Waals surface area contributed by atoms with Gasteiger partial charge in [0.1, 0.15) is 5.54 Å². The molecule has 1 aromatic carbocycles. The van der Waals surface area contributed by atoms with Crippen LogP contribution in [0.3, 0.4) is 0 Å². The van der Waals surface area contributed by atoms with Gasteiger partial charge in [-0.3, -0.25) is 4.79 Å². The Bertz CT molecular complexity index is 609. The number of hydrogen-bond acceptors (Lipinski definition) is 3. The van der Waals surface area contributed by atoms with Crippen molar-refractivity contribution in [2.45, 2.75) is 44.0 Å². The molecule has 7 heteroatoms. The second-order valence-corrected chi connectivity index (χ2v) is 6.70. The zero-order valence-corrected chi connectivity index (χ0v) is 13.2. The molecule has 1 aromatic rings. The van der Waals surface area contributed by atoms with Gasteiger partial charge in [-0.25, -0.2) is 8.42 Å². The number of rotatable bonds is 6. The van der Waals surface area contributed by atoms with E-state index in [0.29, 0.717) is 10.6 Å². The predicted octanol–water partition coefficient (Wildman–Crippen LogP) is 2.57. The van der Waals surface area contributed by atoms with Gasteiger partial charge >= 0.3 is 5.97 Å². The molecule has 2 N–H and O–H groups in total. The number of hydrogen-bond donors (Lipinski definition) is 2. The summed E-state index contributed by atoms with van der Waals surface area (Å²) in [5.41, 5.74) is -1.03. The fraction of sp³-hybridized carbons (Fsp3) is 0.462. The molecule has 0 aliphatic rings. The van der Waals surface area contributed by atoms with Crippen LogP contribution < -0.4 is 4.72 Å². The molecular formula is C13H18ClNO4S. The Morgan fingerprint density at radius 2 is 1.90 bits per heavy atom. The summed E-state index contributed by atoms with van der Waals surface area (Å²) in [6, 6.07) is 4.36. The SMILES string of the molecule is CCC(CC)(NS(=O)(=O)c1ccc(Cl)cc1C)C(=O)O. The molecule has 20 heavy (non-hydrogen) atoms. The molecule has 0 radical (unpaired) electrons. The molecule has 0 fully saturated rings. The molecule has 0 unspecified atom stereocenters. The first-order valence-electron chi connectivity index (χ1n) is 6.22. The minimum atomic E-state index is -3.92. The van der Waals surface area contributed by atoms with E-state index in [-0.39, 0.29) is 17.7 Å². The van der Waals surface area contributed by atoms with Crippen molar-refractivity contribution >= 4 is 27.6 Å². The van der Waals surface area contributed by atoms with Crippen LogP contribution in [-0.4, -0.2) is 25.0 Å². The number of aliphatic carboxylic acids is 1. The molecule has 0 aliphatic heterocycles. The van der Waals surface area contributed by atoms with Gasteiger partial charge in [-0.15, -0.1) is 0 Å². The lowest BCUT2D eigenvalue weighted by Gasteiger charge is -2.28. The Labute approximate surface area is 124 Å². The minimum Gasteiger partial charge on any atom is -0.480 e. The van der Waals surface area contributed by atoms with E-state index in [1.807, 2.05) is 0 Å². The Morgan fingerprint density at radius 1 is 1.35 bits per heavy atom. The molecular weight excluding hydrogens is 302 g/mol. The number of sulfonamides is 1. The standard InChI is InChI=1S/C13H18ClNO4S/c1-4-13(5-2,12(16)17)15-20(18,19)11-7-6-10(14)8-9(11)3/h6-8,15H,4-5H2,1-3H3,(H,16,17). The summed E-state index contributed by atoms with van der Waals surface area (Å²) in [6.07, 6.45) is 0.315. The largest absolute Gasteiger partial charge is 0.480 e. The maximum atomic E-state index is 12.4. The van der Waals surface area contributed by atoms with Gasteiger partial charge in [0.15, 0.2) is 0 Å². The van der Waals surface area contributed by atoms with E-state index in [1.165, 1.54) is 18.2 Å². The van der Waals surface area contributed by atoms with Crippen molar-refractivity contribution in [1.82, 2.24) is 4.72 Å². The van der Waals surface area contributed by atoms with Gasteiger partial charge in [0.25, 0.3) is 0 Å². The van der Waals surface area contributed by atoms with E-state index >= 15 is 0 Å². The summed E-state index contributed by atoms with van der Waals surface area (Å²) >= 11 is 5.80. The summed E-state index contributed by atoms with van der Waals surface area (Å²) in [5, 5.41) is 9.73. The summed E-state index contributed by atoms with van der Waals surface area (Å²) < 4.78 is 27.1. The predicted molar refractivity (Wildman–Crippen MR) is 77.5 cm³/mol. The molecule has 0 saturated heterocycles. The van der Waals surface area contributed by atoms with Crippen LogP contribution >= 0.6 is 11.6 Å². The third-order valence-corrected chi connectivity index (χ3v) is 5.30. The number of carbonyl (C=O) groups is 1. The van der Waals surface area contributed by atoms with Crippen LogP contribution in [0.5, 0.6) is 0 Å². The van der Waals surface area contributed by atoms with Crippen LogP contribution in [0.2, 0.25) is 5.02 Å². The second-order valence-electron chi connectivity index (χ2n) is 4.61. The van der Waals surface area contributed by atoms with Gasteiger partial charge in [-0.2, -0.15) is 4.72 Å². The van der Waals surface area contributed by atoms with Crippen LogP contribution in [0, 0.1) is 6.92 Å². The third-order valence-electron chi connectivity index (χ3n) is 3.37. The number of nitrogens with one attached hydrogen (secondary N) is 1. The average molecular weight is 320 g/mol. The fourth-order valence-corrected chi connectivity index (χ4v) is 3.92. The monoisotopic (exact) mass is 319 g/mol. The number of carboxylic acid groups (broad SMARTS) is 1. The number of halogens is 1. The lowest BCUT2D eigenvalue weighted by Crippen LogP contribution is -2.53. The average Bonchev–Trinajstić information content (AvgIpc) is 2.35. The summed E-state index contributed by atoms with van der Waals surface area (Å²) in [4.78, 5) is 11.4. The zero-order chi connectivity index (χ0) is 15.6. The molecule has 0 amide bonds. The maximum absolute atomic E-state index is 12.4. The number of carboxylic acids is 1. The molecule has 0 bridgehead atoms. The Hall–Kier alpha value is -1.11. The van der Waals surface area contributed by atoms with Crippen molar-refractivity contribution in [3.8, 4) is 0 Å². The topological polar surface area (TPSA) is 83.5 Å². The van der Waals surface area contributed by atoms with Gasteiger partial charge in [-0.1, -0.05) is 25.4 Å². The fourth-order valence-electron chi connectivity index (χ4n) is 1.97. The van der Waals surface area contributed by atoms with E-state index in [1.54, 1.807) is 20.8 Å². The summed E-state index contributed by atoms with van der Waals surface area (Å²) in [6.45, 7) is 4.88. The van der Waals surface area contributed by atoms with Crippen molar-refractivity contribution in [2.75, 3.05) is 0 Å². The van der Waals surface area contributed by atoms with Crippen molar-refractivity contribution < 1.29 is 18.3 Å². The summed E-state index contributed by atoms with van der Waals surface area (Å²) in [5.74, 6) is -1.18. The van der Waals surface area contributed by atoms with Crippen molar-refractivity contribution in [3.63, 3.8) is 0 Å². The van der Waals surface area contributed by atoms with Crippen molar-refractivity contribution in [3.05, 3.63) is 28.8 Å². The van der Waals surface area contributed by atoms with E-state index in [4.69, 9.17) is 11.6 Å². The highest BCUT2D eigenvalue weighted by Crippen LogP contribution is 2.24. The van der Waals surface area contributed by atoms with Crippen LogP contribution in [0.1, 0.15) is 32.3 Å². The lowest BCUT2D eigenvalue weighted by atomic mass is 9.95. The van der Waals surface area contributed by atoms with Gasteiger partial charge in [0, 0.05) is 5.02 Å².